The van der Waals surface area contributed by atoms with Gasteiger partial charge in [-0.2, -0.15) is 0 Å². The molecule has 0 amide bonds. The van der Waals surface area contributed by atoms with Crippen LogP contribution in [-0.4, -0.2) is 32.1 Å². The van der Waals surface area contributed by atoms with Gasteiger partial charge in [0.1, 0.15) is 5.78 Å². The Bertz CT molecular complexity index is 181. The van der Waals surface area contributed by atoms with E-state index < -0.39 is 0 Å². The van der Waals surface area contributed by atoms with Crippen LogP contribution in [0.2, 0.25) is 0 Å². The highest BCUT2D eigenvalue weighted by atomic mass is 16.8. The van der Waals surface area contributed by atoms with Gasteiger partial charge in [-0.25, -0.2) is 0 Å². The van der Waals surface area contributed by atoms with Crippen molar-refractivity contribution in [2.45, 2.75) is 45.2 Å². The van der Waals surface area contributed by atoms with Gasteiger partial charge in [-0.1, -0.05) is 0 Å². The zero-order valence-electron chi connectivity index (χ0n) is 8.82. The Morgan fingerprint density at radius 1 is 1.43 bits per heavy atom. The van der Waals surface area contributed by atoms with Crippen LogP contribution in [0.25, 0.3) is 0 Å². The van der Waals surface area contributed by atoms with E-state index in [1.165, 1.54) is 0 Å². The average Bonchev–Trinajstić information content (AvgIpc) is 2.18. The minimum atomic E-state index is -0.201. The van der Waals surface area contributed by atoms with E-state index in [0.717, 1.165) is 19.3 Å². The van der Waals surface area contributed by atoms with Crippen LogP contribution in [0, 0.1) is 0 Å². The molecule has 0 radical (unpaired) electrons. The third kappa shape index (κ3) is 4.17. The summed E-state index contributed by atoms with van der Waals surface area (Å²) < 4.78 is 15.9. The standard InChI is InChI=1S/C10H18O4/c1-8(11)6-7-13-10-5-3-4-9(12-2)14-10/h9-10H,3-7H2,1-2H3. The lowest BCUT2D eigenvalue weighted by Crippen LogP contribution is -2.31. The second kappa shape index (κ2) is 6.11. The highest BCUT2D eigenvalue weighted by Gasteiger charge is 2.22. The van der Waals surface area contributed by atoms with Crippen LogP contribution in [0.4, 0.5) is 0 Å². The van der Waals surface area contributed by atoms with E-state index >= 15 is 0 Å². The number of Topliss-reactive ketones (excluding diaryl/α,β-unsaturated/α-hetero) is 1. The Labute approximate surface area is 84.5 Å². The molecule has 1 aliphatic heterocycles. The summed E-state index contributed by atoms with van der Waals surface area (Å²) in [6, 6.07) is 0. The summed E-state index contributed by atoms with van der Waals surface area (Å²) in [5.41, 5.74) is 0. The molecular weight excluding hydrogens is 184 g/mol. The van der Waals surface area contributed by atoms with Gasteiger partial charge in [-0.05, 0) is 26.2 Å². The van der Waals surface area contributed by atoms with E-state index in [0.29, 0.717) is 13.0 Å². The number of methoxy groups -OCH3 is 1. The molecule has 0 aliphatic carbocycles. The van der Waals surface area contributed by atoms with Crippen LogP contribution in [0.1, 0.15) is 32.6 Å². The van der Waals surface area contributed by atoms with E-state index in [-0.39, 0.29) is 18.4 Å². The van der Waals surface area contributed by atoms with Gasteiger partial charge in [0.25, 0.3) is 0 Å². The molecule has 0 aromatic carbocycles. The maximum atomic E-state index is 10.7. The molecule has 4 nitrogen and oxygen atoms in total. The lowest BCUT2D eigenvalue weighted by Gasteiger charge is -2.28. The fourth-order valence-corrected chi connectivity index (χ4v) is 1.39. The summed E-state index contributed by atoms with van der Waals surface area (Å²) in [6.07, 6.45) is 2.96. The highest BCUT2D eigenvalue weighted by molar-refractivity contribution is 5.75. The van der Waals surface area contributed by atoms with Gasteiger partial charge < -0.3 is 14.2 Å². The first-order valence-electron chi connectivity index (χ1n) is 5.01. The summed E-state index contributed by atoms with van der Waals surface area (Å²) in [5, 5.41) is 0. The minimum absolute atomic E-state index is 0.143. The van der Waals surface area contributed by atoms with Crippen LogP contribution in [0.15, 0.2) is 0 Å². The minimum Gasteiger partial charge on any atom is -0.356 e. The van der Waals surface area contributed by atoms with Crippen molar-refractivity contribution in [1.29, 1.82) is 0 Å². The fraction of sp³-hybridized carbons (Fsp3) is 0.900. The van der Waals surface area contributed by atoms with Crippen molar-refractivity contribution in [3.63, 3.8) is 0 Å². The average molecular weight is 202 g/mol. The van der Waals surface area contributed by atoms with Crippen LogP contribution < -0.4 is 0 Å². The lowest BCUT2D eigenvalue weighted by molar-refractivity contribution is -0.259. The maximum Gasteiger partial charge on any atom is 0.160 e. The molecule has 1 aliphatic rings. The molecule has 0 N–H and O–H groups in total. The van der Waals surface area contributed by atoms with E-state index in [2.05, 4.69) is 0 Å². The van der Waals surface area contributed by atoms with Crippen LogP contribution >= 0.6 is 0 Å². The van der Waals surface area contributed by atoms with Gasteiger partial charge in [0.05, 0.1) is 6.61 Å². The number of rotatable bonds is 5. The molecule has 82 valence electrons. The quantitative estimate of drug-likeness (QED) is 0.677. The zero-order chi connectivity index (χ0) is 10.4. The number of ether oxygens (including phenoxy) is 3. The smallest absolute Gasteiger partial charge is 0.160 e. The molecule has 4 heteroatoms. The Kier molecular flexibility index (Phi) is 5.07. The molecule has 1 saturated heterocycles. The molecule has 0 aromatic heterocycles. The first-order valence-corrected chi connectivity index (χ1v) is 5.01. The second-order valence-corrected chi connectivity index (χ2v) is 3.48. The van der Waals surface area contributed by atoms with Gasteiger partial charge in [-0.15, -0.1) is 0 Å². The number of hydrogen-bond acceptors (Lipinski definition) is 4. The maximum absolute atomic E-state index is 10.7. The number of carbonyl (C=O) groups excluding carboxylic acids is 1. The number of ketones is 1. The van der Waals surface area contributed by atoms with Crippen LogP contribution in [0.3, 0.4) is 0 Å². The summed E-state index contributed by atoms with van der Waals surface area (Å²) in [4.78, 5) is 10.7. The zero-order valence-corrected chi connectivity index (χ0v) is 8.82. The summed E-state index contributed by atoms with van der Waals surface area (Å²) in [7, 11) is 1.63. The number of hydrogen-bond donors (Lipinski definition) is 0. The predicted octanol–water partition coefficient (Wildman–Crippen LogP) is 1.48. The summed E-state index contributed by atoms with van der Waals surface area (Å²) in [6.45, 7) is 2.00. The molecule has 1 rings (SSSR count). The Morgan fingerprint density at radius 2 is 2.14 bits per heavy atom. The lowest BCUT2D eigenvalue weighted by atomic mass is 10.2. The van der Waals surface area contributed by atoms with Crippen molar-refractivity contribution in [1.82, 2.24) is 0 Å². The van der Waals surface area contributed by atoms with Gasteiger partial charge in [-0.3, -0.25) is 4.79 Å². The predicted molar refractivity (Wildman–Crippen MR) is 50.8 cm³/mol. The summed E-state index contributed by atoms with van der Waals surface area (Å²) >= 11 is 0. The van der Waals surface area contributed by atoms with Crippen molar-refractivity contribution in [2.24, 2.45) is 0 Å². The Morgan fingerprint density at radius 3 is 2.79 bits per heavy atom. The van der Waals surface area contributed by atoms with E-state index in [4.69, 9.17) is 14.2 Å². The normalized spacial score (nSPS) is 27.6. The molecule has 1 heterocycles. The Hall–Kier alpha value is -0.450. The fourth-order valence-electron chi connectivity index (χ4n) is 1.39. The molecule has 0 aromatic rings. The number of carbonyl (C=O) groups is 1. The van der Waals surface area contributed by atoms with Crippen molar-refractivity contribution < 1.29 is 19.0 Å². The highest BCUT2D eigenvalue weighted by Crippen LogP contribution is 2.20. The molecule has 0 saturated carbocycles. The molecule has 0 bridgehead atoms. The van der Waals surface area contributed by atoms with Gasteiger partial charge in [0.2, 0.25) is 0 Å². The molecule has 2 atom stereocenters. The first kappa shape index (κ1) is 11.6. The SMILES string of the molecule is COC1CCCC(OCCC(C)=O)O1. The van der Waals surface area contributed by atoms with Gasteiger partial charge in [0.15, 0.2) is 12.6 Å². The van der Waals surface area contributed by atoms with Crippen molar-refractivity contribution in [3.05, 3.63) is 0 Å². The monoisotopic (exact) mass is 202 g/mol. The third-order valence-electron chi connectivity index (χ3n) is 2.20. The molecule has 0 spiro atoms. The first-order chi connectivity index (χ1) is 6.72. The molecule has 14 heavy (non-hydrogen) atoms. The van der Waals surface area contributed by atoms with E-state index in [1.807, 2.05) is 0 Å². The largest absolute Gasteiger partial charge is 0.356 e. The van der Waals surface area contributed by atoms with Crippen LogP contribution in [0.5, 0.6) is 0 Å². The molecule has 1 fully saturated rings. The molecular formula is C10H18O4. The molecule has 2 unspecified atom stereocenters. The van der Waals surface area contributed by atoms with E-state index in [9.17, 15) is 4.79 Å². The van der Waals surface area contributed by atoms with Crippen molar-refractivity contribution >= 4 is 5.78 Å². The van der Waals surface area contributed by atoms with E-state index in [1.54, 1.807) is 14.0 Å². The second-order valence-electron chi connectivity index (χ2n) is 3.48. The Balaban J connectivity index is 2.14. The van der Waals surface area contributed by atoms with Crippen LogP contribution in [-0.2, 0) is 19.0 Å². The van der Waals surface area contributed by atoms with Gasteiger partial charge >= 0.3 is 0 Å². The van der Waals surface area contributed by atoms with Gasteiger partial charge in [0, 0.05) is 13.5 Å². The topological polar surface area (TPSA) is 44.8 Å². The van der Waals surface area contributed by atoms with Crippen molar-refractivity contribution in [2.75, 3.05) is 13.7 Å². The summed E-state index contributed by atoms with van der Waals surface area (Å²) in [5.74, 6) is 0.143. The van der Waals surface area contributed by atoms with Crippen molar-refractivity contribution in [3.8, 4) is 0 Å². The third-order valence-corrected chi connectivity index (χ3v) is 2.20.